The summed E-state index contributed by atoms with van der Waals surface area (Å²) in [4.78, 5) is 16.7. The summed E-state index contributed by atoms with van der Waals surface area (Å²) in [6.45, 7) is 0.305. The van der Waals surface area contributed by atoms with Gasteiger partial charge in [0.1, 0.15) is 5.75 Å². The van der Waals surface area contributed by atoms with Gasteiger partial charge in [0.2, 0.25) is 0 Å². The number of nitrogens with two attached hydrogens (primary N) is 1. The van der Waals surface area contributed by atoms with Crippen LogP contribution in [-0.2, 0) is 16.1 Å². The third-order valence-electron chi connectivity index (χ3n) is 3.39. The number of carbonyl (C=O) groups is 1. The van der Waals surface area contributed by atoms with Gasteiger partial charge in [-0.15, -0.1) is 0 Å². The number of benzene rings is 2. The summed E-state index contributed by atoms with van der Waals surface area (Å²) >= 11 is 5.82. The van der Waals surface area contributed by atoms with Crippen LogP contribution in [0.5, 0.6) is 5.75 Å². The summed E-state index contributed by atoms with van der Waals surface area (Å²) in [6.07, 6.45) is 0.708. The van der Waals surface area contributed by atoms with Crippen molar-refractivity contribution in [2.24, 2.45) is 10.9 Å². The first-order valence-electron chi connectivity index (χ1n) is 7.69. The molecule has 0 bridgehead atoms. The fraction of sp³-hybridized carbons (Fsp3) is 0.222. The molecule has 2 rings (SSSR count). The van der Waals surface area contributed by atoms with Crippen molar-refractivity contribution in [3.05, 3.63) is 64.7 Å². The fourth-order valence-corrected chi connectivity index (χ4v) is 2.15. The van der Waals surface area contributed by atoms with Crippen LogP contribution in [0.4, 0.5) is 0 Å². The number of amidine groups is 1. The molecule has 0 aromatic heterocycles. The minimum Gasteiger partial charge on any atom is -0.497 e. The molecule has 3 N–H and O–H groups in total. The average Bonchev–Trinajstić information content (AvgIpc) is 2.63. The van der Waals surface area contributed by atoms with E-state index in [2.05, 4.69) is 10.5 Å². The molecule has 0 radical (unpaired) electrons. The number of nitrogens with zero attached hydrogens (tertiary/aromatic N) is 1. The van der Waals surface area contributed by atoms with E-state index in [4.69, 9.17) is 26.9 Å². The second-order valence-corrected chi connectivity index (χ2v) is 5.64. The molecule has 1 amide bonds. The quantitative estimate of drug-likeness (QED) is 0.429. The maximum atomic E-state index is 11.7. The van der Waals surface area contributed by atoms with Crippen LogP contribution in [-0.4, -0.2) is 32.0 Å². The molecule has 2 aromatic carbocycles. The normalized spacial score (nSPS) is 11.0. The Hall–Kier alpha value is -2.73. The van der Waals surface area contributed by atoms with E-state index in [1.165, 1.54) is 0 Å². The van der Waals surface area contributed by atoms with Gasteiger partial charge in [-0.25, -0.2) is 0 Å². The molecule has 25 heavy (non-hydrogen) atoms. The van der Waals surface area contributed by atoms with E-state index in [-0.39, 0.29) is 18.3 Å². The van der Waals surface area contributed by atoms with Crippen LogP contribution in [0.15, 0.2) is 53.7 Å². The number of hydrogen-bond donors (Lipinski definition) is 2. The first-order valence-corrected chi connectivity index (χ1v) is 8.07. The monoisotopic (exact) mass is 361 g/mol. The lowest BCUT2D eigenvalue weighted by Crippen LogP contribution is -2.29. The first kappa shape index (κ1) is 18.6. The number of oxime groups is 1. The molecule has 0 atom stereocenters. The smallest absolute Gasteiger partial charge is 0.260 e. The van der Waals surface area contributed by atoms with Crippen molar-refractivity contribution in [2.45, 2.75) is 6.42 Å². The molecule has 2 aromatic rings. The summed E-state index contributed by atoms with van der Waals surface area (Å²) in [7, 11) is 1.58. The molecule has 0 aliphatic carbocycles. The zero-order valence-electron chi connectivity index (χ0n) is 13.9. The topological polar surface area (TPSA) is 85.9 Å². The van der Waals surface area contributed by atoms with E-state index in [1.807, 2.05) is 24.3 Å². The highest BCUT2D eigenvalue weighted by molar-refractivity contribution is 6.30. The predicted molar refractivity (Wildman–Crippen MR) is 97.8 cm³/mol. The van der Waals surface area contributed by atoms with Gasteiger partial charge < -0.3 is 20.6 Å². The second-order valence-electron chi connectivity index (χ2n) is 5.20. The van der Waals surface area contributed by atoms with Gasteiger partial charge in [0.05, 0.1) is 7.11 Å². The van der Waals surface area contributed by atoms with E-state index in [1.54, 1.807) is 31.4 Å². The molecule has 0 unspecified atom stereocenters. The number of amides is 1. The molecule has 0 heterocycles. The second kappa shape index (κ2) is 9.54. The van der Waals surface area contributed by atoms with Crippen LogP contribution in [0, 0.1) is 0 Å². The first-order chi connectivity index (χ1) is 12.1. The summed E-state index contributed by atoms with van der Waals surface area (Å²) in [5.74, 6) is 0.648. The Bertz CT molecular complexity index is 715. The Morgan fingerprint density at radius 2 is 1.84 bits per heavy atom. The predicted octanol–water partition coefficient (Wildman–Crippen LogP) is 2.34. The van der Waals surface area contributed by atoms with Crippen LogP contribution in [0.3, 0.4) is 0 Å². The molecule has 0 aliphatic heterocycles. The summed E-state index contributed by atoms with van der Waals surface area (Å²) in [5.41, 5.74) is 7.58. The standard InChI is InChI=1S/C18H20ClN3O3/c1-24-16-8-4-14(5-9-16)18(20)22-25-12-17(23)21-11-10-13-2-6-15(19)7-3-13/h2-9H,10-12H2,1H3,(H2,20,22)(H,21,23). The van der Waals surface area contributed by atoms with Gasteiger partial charge in [0.15, 0.2) is 12.4 Å². The number of ether oxygens (including phenoxy) is 1. The van der Waals surface area contributed by atoms with Crippen molar-refractivity contribution < 1.29 is 14.4 Å². The third-order valence-corrected chi connectivity index (χ3v) is 3.65. The Morgan fingerprint density at radius 3 is 2.48 bits per heavy atom. The Morgan fingerprint density at radius 1 is 1.16 bits per heavy atom. The highest BCUT2D eigenvalue weighted by Crippen LogP contribution is 2.11. The number of hydrogen-bond acceptors (Lipinski definition) is 4. The Balaban J connectivity index is 1.70. The van der Waals surface area contributed by atoms with Gasteiger partial charge in [-0.2, -0.15) is 0 Å². The van der Waals surface area contributed by atoms with Crippen molar-refractivity contribution in [3.8, 4) is 5.75 Å². The molecule has 7 heteroatoms. The summed E-state index contributed by atoms with van der Waals surface area (Å²) < 4.78 is 5.07. The van der Waals surface area contributed by atoms with E-state index in [0.717, 1.165) is 11.3 Å². The van der Waals surface area contributed by atoms with Gasteiger partial charge in [0.25, 0.3) is 5.91 Å². The summed E-state index contributed by atoms with van der Waals surface area (Å²) in [5, 5.41) is 7.18. The minimum absolute atomic E-state index is 0.191. The molecule has 0 spiro atoms. The van der Waals surface area contributed by atoms with Crippen LogP contribution in [0.25, 0.3) is 0 Å². The van der Waals surface area contributed by atoms with Crippen molar-refractivity contribution in [1.82, 2.24) is 5.32 Å². The number of carbonyl (C=O) groups excluding carboxylic acids is 1. The van der Waals surface area contributed by atoms with Crippen LogP contribution < -0.4 is 15.8 Å². The minimum atomic E-state index is -0.264. The van der Waals surface area contributed by atoms with Crippen LogP contribution >= 0.6 is 11.6 Å². The van der Waals surface area contributed by atoms with Gasteiger partial charge in [0, 0.05) is 17.1 Å². The zero-order chi connectivity index (χ0) is 18.1. The Kier molecular flexibility index (Phi) is 7.10. The number of methoxy groups -OCH3 is 1. The largest absolute Gasteiger partial charge is 0.497 e. The van der Waals surface area contributed by atoms with Gasteiger partial charge in [-0.3, -0.25) is 4.79 Å². The molecular weight excluding hydrogens is 342 g/mol. The van der Waals surface area contributed by atoms with Crippen molar-refractivity contribution in [3.63, 3.8) is 0 Å². The maximum absolute atomic E-state index is 11.7. The van der Waals surface area contributed by atoms with Gasteiger partial charge in [-0.1, -0.05) is 28.9 Å². The summed E-state index contributed by atoms with van der Waals surface area (Å²) in [6, 6.07) is 14.5. The lowest BCUT2D eigenvalue weighted by Gasteiger charge is -2.06. The van der Waals surface area contributed by atoms with E-state index in [0.29, 0.717) is 23.6 Å². The lowest BCUT2D eigenvalue weighted by atomic mass is 10.1. The molecule has 132 valence electrons. The highest BCUT2D eigenvalue weighted by Gasteiger charge is 2.03. The van der Waals surface area contributed by atoms with E-state index >= 15 is 0 Å². The molecule has 0 aliphatic rings. The highest BCUT2D eigenvalue weighted by atomic mass is 35.5. The Labute approximate surface area is 151 Å². The maximum Gasteiger partial charge on any atom is 0.260 e. The zero-order valence-corrected chi connectivity index (χ0v) is 14.6. The SMILES string of the molecule is COc1ccc(C(N)=NOCC(=O)NCCc2ccc(Cl)cc2)cc1. The number of nitrogens with one attached hydrogen (secondary N) is 1. The van der Waals surface area contributed by atoms with Crippen LogP contribution in [0.1, 0.15) is 11.1 Å². The average molecular weight is 362 g/mol. The fourth-order valence-electron chi connectivity index (χ4n) is 2.02. The molecule has 0 saturated carbocycles. The van der Waals surface area contributed by atoms with Gasteiger partial charge >= 0.3 is 0 Å². The van der Waals surface area contributed by atoms with Gasteiger partial charge in [-0.05, 0) is 48.4 Å². The van der Waals surface area contributed by atoms with E-state index < -0.39 is 0 Å². The third kappa shape index (κ3) is 6.35. The molecular formula is C18H20ClN3O3. The van der Waals surface area contributed by atoms with Crippen LogP contribution in [0.2, 0.25) is 5.02 Å². The molecule has 6 nitrogen and oxygen atoms in total. The van der Waals surface area contributed by atoms with Crippen molar-refractivity contribution in [1.29, 1.82) is 0 Å². The van der Waals surface area contributed by atoms with Crippen molar-refractivity contribution in [2.75, 3.05) is 20.3 Å². The number of rotatable bonds is 8. The number of halogens is 1. The van der Waals surface area contributed by atoms with E-state index in [9.17, 15) is 4.79 Å². The molecule has 0 saturated heterocycles. The van der Waals surface area contributed by atoms with Crippen molar-refractivity contribution >= 4 is 23.3 Å². The molecule has 0 fully saturated rings. The lowest BCUT2D eigenvalue weighted by molar-refractivity contribution is -0.125.